The monoisotopic (exact) mass is 177 g/mol. The quantitative estimate of drug-likeness (QED) is 0.511. The van der Waals surface area contributed by atoms with Crippen LogP contribution in [0.15, 0.2) is 35.5 Å². The van der Waals surface area contributed by atoms with Crippen LogP contribution in [-0.2, 0) is 11.3 Å². The molecule has 0 N–H and O–H groups in total. The molecule has 2 nitrogen and oxygen atoms in total. The molecule has 0 aliphatic rings. The van der Waals surface area contributed by atoms with Gasteiger partial charge in [0, 0.05) is 6.21 Å². The van der Waals surface area contributed by atoms with Gasteiger partial charge in [0.1, 0.15) is 7.11 Å². The number of hydrogen-bond donors (Lipinski definition) is 0. The Hall–Kier alpha value is -1.31. The zero-order chi connectivity index (χ0) is 9.52. The fraction of sp³-hybridized carbons (Fsp3) is 0.364. The third-order valence-electron chi connectivity index (χ3n) is 1.82. The molecular weight excluding hydrogens is 162 g/mol. The smallest absolute Gasteiger partial charge is 0.106 e. The Morgan fingerprint density at radius 1 is 1.38 bits per heavy atom. The van der Waals surface area contributed by atoms with Crippen LogP contribution in [0.4, 0.5) is 0 Å². The number of nitrogens with zero attached hydrogens (tertiary/aromatic N) is 1. The Labute approximate surface area is 79.2 Å². The van der Waals surface area contributed by atoms with E-state index in [1.807, 2.05) is 12.3 Å². The standard InChI is InChI=1S/C11H15NO/c1-10(9-12-13-2)8-11-6-4-3-5-7-11/h3-7,9-10H,8H2,1-2H3/b12-9+. The van der Waals surface area contributed by atoms with Crippen molar-refractivity contribution >= 4 is 6.21 Å². The zero-order valence-electron chi connectivity index (χ0n) is 8.10. The average molecular weight is 177 g/mol. The van der Waals surface area contributed by atoms with Crippen molar-refractivity contribution < 1.29 is 4.84 Å². The second-order valence-electron chi connectivity index (χ2n) is 3.10. The van der Waals surface area contributed by atoms with Gasteiger partial charge in [-0.15, -0.1) is 0 Å². The Kier molecular flexibility index (Phi) is 4.03. The van der Waals surface area contributed by atoms with Crippen LogP contribution in [0.1, 0.15) is 12.5 Å². The van der Waals surface area contributed by atoms with Gasteiger partial charge in [-0.1, -0.05) is 42.4 Å². The molecule has 0 amide bonds. The van der Waals surface area contributed by atoms with E-state index in [1.54, 1.807) is 7.11 Å². The first-order valence-corrected chi connectivity index (χ1v) is 4.43. The van der Waals surface area contributed by atoms with Crippen molar-refractivity contribution in [2.24, 2.45) is 11.1 Å². The summed E-state index contributed by atoms with van der Waals surface area (Å²) in [6.07, 6.45) is 2.83. The number of oxime groups is 1. The molecule has 0 saturated carbocycles. The van der Waals surface area contributed by atoms with Gasteiger partial charge in [0.2, 0.25) is 0 Å². The molecule has 0 aliphatic heterocycles. The van der Waals surface area contributed by atoms with Gasteiger partial charge < -0.3 is 4.84 Å². The predicted molar refractivity (Wildman–Crippen MR) is 54.8 cm³/mol. The summed E-state index contributed by atoms with van der Waals surface area (Å²) in [5.74, 6) is 0.419. The molecule has 2 heteroatoms. The SMILES string of the molecule is CO/N=C/C(C)Cc1ccccc1. The molecule has 70 valence electrons. The minimum absolute atomic E-state index is 0.419. The zero-order valence-corrected chi connectivity index (χ0v) is 8.10. The summed E-state index contributed by atoms with van der Waals surface area (Å²) in [5, 5.41) is 3.74. The van der Waals surface area contributed by atoms with E-state index in [4.69, 9.17) is 0 Å². The van der Waals surface area contributed by atoms with E-state index in [-0.39, 0.29) is 0 Å². The summed E-state index contributed by atoms with van der Waals surface area (Å²) in [6.45, 7) is 2.12. The molecule has 1 aromatic carbocycles. The molecule has 0 fully saturated rings. The van der Waals surface area contributed by atoms with Gasteiger partial charge in [-0.3, -0.25) is 0 Å². The van der Waals surface area contributed by atoms with Crippen molar-refractivity contribution in [1.29, 1.82) is 0 Å². The lowest BCUT2D eigenvalue weighted by Gasteiger charge is -2.04. The Balaban J connectivity index is 2.45. The van der Waals surface area contributed by atoms with Crippen molar-refractivity contribution in [3.8, 4) is 0 Å². The first-order chi connectivity index (χ1) is 6.33. The van der Waals surface area contributed by atoms with Crippen LogP contribution >= 0.6 is 0 Å². The number of benzene rings is 1. The van der Waals surface area contributed by atoms with Gasteiger partial charge in [-0.2, -0.15) is 0 Å². The minimum atomic E-state index is 0.419. The highest BCUT2D eigenvalue weighted by molar-refractivity contribution is 5.59. The van der Waals surface area contributed by atoms with Crippen LogP contribution in [0.3, 0.4) is 0 Å². The third kappa shape index (κ3) is 3.74. The van der Waals surface area contributed by atoms with Crippen LogP contribution in [0.25, 0.3) is 0 Å². The van der Waals surface area contributed by atoms with Gasteiger partial charge >= 0.3 is 0 Å². The summed E-state index contributed by atoms with van der Waals surface area (Å²) >= 11 is 0. The van der Waals surface area contributed by atoms with Gasteiger partial charge in [0.25, 0.3) is 0 Å². The van der Waals surface area contributed by atoms with Crippen LogP contribution in [0.5, 0.6) is 0 Å². The van der Waals surface area contributed by atoms with E-state index in [2.05, 4.69) is 41.2 Å². The highest BCUT2D eigenvalue weighted by Gasteiger charge is 1.99. The lowest BCUT2D eigenvalue weighted by atomic mass is 10.0. The van der Waals surface area contributed by atoms with Crippen LogP contribution in [0.2, 0.25) is 0 Å². The lowest BCUT2D eigenvalue weighted by Crippen LogP contribution is -2.00. The fourth-order valence-corrected chi connectivity index (χ4v) is 1.20. The summed E-state index contributed by atoms with van der Waals surface area (Å²) < 4.78 is 0. The van der Waals surface area contributed by atoms with E-state index in [0.29, 0.717) is 5.92 Å². The summed E-state index contributed by atoms with van der Waals surface area (Å²) in [6, 6.07) is 10.4. The molecule has 0 aliphatic carbocycles. The second kappa shape index (κ2) is 5.36. The predicted octanol–water partition coefficient (Wildman–Crippen LogP) is 2.50. The summed E-state index contributed by atoms with van der Waals surface area (Å²) in [4.78, 5) is 4.62. The van der Waals surface area contributed by atoms with Crippen molar-refractivity contribution in [3.63, 3.8) is 0 Å². The van der Waals surface area contributed by atoms with E-state index in [9.17, 15) is 0 Å². The molecular formula is C11H15NO. The Morgan fingerprint density at radius 3 is 2.69 bits per heavy atom. The lowest BCUT2D eigenvalue weighted by molar-refractivity contribution is 0.213. The number of rotatable bonds is 4. The minimum Gasteiger partial charge on any atom is -0.399 e. The highest BCUT2D eigenvalue weighted by atomic mass is 16.6. The van der Waals surface area contributed by atoms with E-state index in [0.717, 1.165) is 6.42 Å². The first-order valence-electron chi connectivity index (χ1n) is 4.43. The molecule has 0 spiro atoms. The first kappa shape index (κ1) is 9.78. The second-order valence-corrected chi connectivity index (χ2v) is 3.10. The van der Waals surface area contributed by atoms with Gasteiger partial charge in [0.15, 0.2) is 0 Å². The van der Waals surface area contributed by atoms with E-state index < -0.39 is 0 Å². The maximum absolute atomic E-state index is 4.62. The van der Waals surface area contributed by atoms with Crippen molar-refractivity contribution in [2.45, 2.75) is 13.3 Å². The highest BCUT2D eigenvalue weighted by Crippen LogP contribution is 2.05. The number of hydrogen-bond acceptors (Lipinski definition) is 2. The Bertz CT molecular complexity index is 256. The molecule has 0 radical (unpaired) electrons. The molecule has 0 aromatic heterocycles. The summed E-state index contributed by atoms with van der Waals surface area (Å²) in [7, 11) is 1.56. The molecule has 1 aromatic rings. The molecule has 1 atom stereocenters. The third-order valence-corrected chi connectivity index (χ3v) is 1.82. The van der Waals surface area contributed by atoms with Crippen LogP contribution < -0.4 is 0 Å². The Morgan fingerprint density at radius 2 is 2.08 bits per heavy atom. The van der Waals surface area contributed by atoms with Crippen LogP contribution in [-0.4, -0.2) is 13.3 Å². The van der Waals surface area contributed by atoms with Gasteiger partial charge in [0.05, 0.1) is 0 Å². The fourth-order valence-electron chi connectivity index (χ4n) is 1.20. The molecule has 13 heavy (non-hydrogen) atoms. The van der Waals surface area contributed by atoms with Crippen LogP contribution in [0, 0.1) is 5.92 Å². The van der Waals surface area contributed by atoms with Crippen molar-refractivity contribution in [2.75, 3.05) is 7.11 Å². The van der Waals surface area contributed by atoms with E-state index >= 15 is 0 Å². The van der Waals surface area contributed by atoms with Crippen molar-refractivity contribution in [3.05, 3.63) is 35.9 Å². The maximum Gasteiger partial charge on any atom is 0.106 e. The van der Waals surface area contributed by atoms with Crippen molar-refractivity contribution in [1.82, 2.24) is 0 Å². The molecule has 1 rings (SSSR count). The largest absolute Gasteiger partial charge is 0.399 e. The normalized spacial score (nSPS) is 13.1. The molecule has 1 unspecified atom stereocenters. The average Bonchev–Trinajstić information content (AvgIpc) is 2.16. The van der Waals surface area contributed by atoms with E-state index in [1.165, 1.54) is 5.56 Å². The molecule has 0 bridgehead atoms. The maximum atomic E-state index is 4.62. The van der Waals surface area contributed by atoms with Gasteiger partial charge in [-0.25, -0.2) is 0 Å². The van der Waals surface area contributed by atoms with Gasteiger partial charge in [-0.05, 0) is 17.9 Å². The topological polar surface area (TPSA) is 21.6 Å². The summed E-state index contributed by atoms with van der Waals surface area (Å²) in [5.41, 5.74) is 1.33. The molecule has 0 saturated heterocycles. The molecule has 0 heterocycles.